The van der Waals surface area contributed by atoms with E-state index in [0.29, 0.717) is 12.1 Å². The smallest absolute Gasteiger partial charge is 0.183 e. The van der Waals surface area contributed by atoms with Crippen molar-refractivity contribution in [1.29, 1.82) is 0 Å². The third kappa shape index (κ3) is 5.05. The van der Waals surface area contributed by atoms with E-state index in [9.17, 15) is 4.79 Å². The van der Waals surface area contributed by atoms with Crippen molar-refractivity contribution in [2.24, 2.45) is 0 Å². The molecule has 7 nitrogen and oxygen atoms in total. The number of benzene rings is 1. The van der Waals surface area contributed by atoms with Crippen LogP contribution in [-0.4, -0.2) is 74.3 Å². The number of carbonyl (C=O) groups excluding carboxylic acids is 1. The molecule has 0 saturated carbocycles. The Balaban J connectivity index is 1.11. The second-order valence-electron chi connectivity index (χ2n) is 9.85. The number of nitrogens with zero attached hydrogens (tertiary/aromatic N) is 6. The lowest BCUT2D eigenvalue weighted by Gasteiger charge is -2.40. The molecule has 2 fully saturated rings. The van der Waals surface area contributed by atoms with Crippen molar-refractivity contribution in [2.45, 2.75) is 64.3 Å². The predicted octanol–water partition coefficient (Wildman–Crippen LogP) is 4.43. The molecule has 34 heavy (non-hydrogen) atoms. The Bertz CT molecular complexity index is 1110. The first-order valence-corrected chi connectivity index (χ1v) is 13.0. The highest BCUT2D eigenvalue weighted by molar-refractivity contribution is 5.98. The number of hydrogen-bond donors (Lipinski definition) is 0. The van der Waals surface area contributed by atoms with Crippen molar-refractivity contribution < 1.29 is 4.79 Å². The Morgan fingerprint density at radius 1 is 1.00 bits per heavy atom. The van der Waals surface area contributed by atoms with Crippen LogP contribution < -0.4 is 0 Å². The summed E-state index contributed by atoms with van der Waals surface area (Å²) < 4.78 is 1.73. The first kappa shape index (κ1) is 23.1. The average Bonchev–Trinajstić information content (AvgIpc) is 3.31. The van der Waals surface area contributed by atoms with Gasteiger partial charge in [-0.15, -0.1) is 5.10 Å². The SMILES string of the molecule is Cc1c(C(=O)CCCCN2CCC(N3CCCCC3)CC2)cccc1-n1nnc2cccnc21. The Labute approximate surface area is 202 Å². The predicted molar refractivity (Wildman–Crippen MR) is 134 cm³/mol. The number of piperidine rings is 2. The van der Waals surface area contributed by atoms with Crippen molar-refractivity contribution in [3.05, 3.63) is 47.7 Å². The fourth-order valence-electron chi connectivity index (χ4n) is 5.63. The Morgan fingerprint density at radius 2 is 1.82 bits per heavy atom. The van der Waals surface area contributed by atoms with E-state index in [2.05, 4.69) is 25.1 Å². The molecule has 0 atom stereocenters. The summed E-state index contributed by atoms with van der Waals surface area (Å²) in [5, 5.41) is 8.48. The maximum atomic E-state index is 13.0. The Hall–Kier alpha value is -2.64. The van der Waals surface area contributed by atoms with Gasteiger partial charge in [-0.3, -0.25) is 4.79 Å². The summed E-state index contributed by atoms with van der Waals surface area (Å²) in [6.45, 7) is 8.11. The van der Waals surface area contributed by atoms with E-state index in [0.717, 1.165) is 47.8 Å². The van der Waals surface area contributed by atoms with Gasteiger partial charge in [-0.25, -0.2) is 4.98 Å². The van der Waals surface area contributed by atoms with Gasteiger partial charge in [0.25, 0.3) is 0 Å². The molecule has 0 radical (unpaired) electrons. The van der Waals surface area contributed by atoms with Crippen LogP contribution in [0.4, 0.5) is 0 Å². The van der Waals surface area contributed by atoms with Gasteiger partial charge in [0.2, 0.25) is 0 Å². The van der Waals surface area contributed by atoms with Gasteiger partial charge in [0.1, 0.15) is 5.52 Å². The van der Waals surface area contributed by atoms with E-state index in [-0.39, 0.29) is 5.78 Å². The third-order valence-corrected chi connectivity index (χ3v) is 7.63. The molecule has 2 saturated heterocycles. The van der Waals surface area contributed by atoms with Crippen molar-refractivity contribution >= 4 is 16.9 Å². The van der Waals surface area contributed by atoms with Gasteiger partial charge in [0.05, 0.1) is 5.69 Å². The van der Waals surface area contributed by atoms with Gasteiger partial charge >= 0.3 is 0 Å². The zero-order valence-electron chi connectivity index (χ0n) is 20.3. The van der Waals surface area contributed by atoms with Gasteiger partial charge in [0.15, 0.2) is 11.4 Å². The van der Waals surface area contributed by atoms with Crippen molar-refractivity contribution in [2.75, 3.05) is 32.7 Å². The molecule has 0 unspecified atom stereocenters. The lowest BCUT2D eigenvalue weighted by Crippen LogP contribution is -2.46. The number of aromatic nitrogens is 4. The first-order chi connectivity index (χ1) is 16.7. The molecular formula is C27H36N6O. The molecule has 1 aromatic carbocycles. The molecule has 5 rings (SSSR count). The maximum absolute atomic E-state index is 13.0. The zero-order valence-corrected chi connectivity index (χ0v) is 20.3. The summed E-state index contributed by atoms with van der Waals surface area (Å²) in [6, 6.07) is 10.4. The highest BCUT2D eigenvalue weighted by atomic mass is 16.1. The number of pyridine rings is 1. The van der Waals surface area contributed by atoms with E-state index >= 15 is 0 Å². The highest BCUT2D eigenvalue weighted by Crippen LogP contribution is 2.23. The van der Waals surface area contributed by atoms with Crippen LogP contribution in [0.1, 0.15) is 67.3 Å². The van der Waals surface area contributed by atoms with Crippen molar-refractivity contribution in [3.8, 4) is 5.69 Å². The van der Waals surface area contributed by atoms with E-state index in [1.165, 1.54) is 58.3 Å². The fraction of sp³-hybridized carbons (Fsp3) is 0.556. The fourth-order valence-corrected chi connectivity index (χ4v) is 5.63. The number of rotatable bonds is 8. The number of unbranched alkanes of at least 4 members (excludes halogenated alkanes) is 1. The summed E-state index contributed by atoms with van der Waals surface area (Å²) in [6.07, 6.45) is 11.1. The average molecular weight is 461 g/mol. The second kappa shape index (κ2) is 10.7. The number of hydrogen-bond acceptors (Lipinski definition) is 6. The van der Waals surface area contributed by atoms with Crippen LogP contribution in [0, 0.1) is 6.92 Å². The summed E-state index contributed by atoms with van der Waals surface area (Å²) in [4.78, 5) is 22.8. The van der Waals surface area contributed by atoms with Crippen LogP contribution >= 0.6 is 0 Å². The van der Waals surface area contributed by atoms with Crippen LogP contribution in [0.2, 0.25) is 0 Å². The molecule has 180 valence electrons. The van der Waals surface area contributed by atoms with Crippen LogP contribution in [0.5, 0.6) is 0 Å². The maximum Gasteiger partial charge on any atom is 0.183 e. The van der Waals surface area contributed by atoms with Gasteiger partial charge in [-0.05, 0) is 102 Å². The third-order valence-electron chi connectivity index (χ3n) is 7.63. The van der Waals surface area contributed by atoms with Crippen molar-refractivity contribution in [3.63, 3.8) is 0 Å². The quantitative estimate of drug-likeness (QED) is 0.366. The minimum absolute atomic E-state index is 0.209. The minimum Gasteiger partial charge on any atom is -0.303 e. The molecular weight excluding hydrogens is 424 g/mol. The van der Waals surface area contributed by atoms with Gasteiger partial charge in [0, 0.05) is 24.2 Å². The van der Waals surface area contributed by atoms with Crippen LogP contribution in [-0.2, 0) is 0 Å². The van der Waals surface area contributed by atoms with E-state index < -0.39 is 0 Å². The van der Waals surface area contributed by atoms with Gasteiger partial charge in [-0.2, -0.15) is 4.68 Å². The van der Waals surface area contributed by atoms with E-state index in [1.807, 2.05) is 37.3 Å². The molecule has 0 bridgehead atoms. The Kier molecular flexibility index (Phi) is 7.30. The van der Waals surface area contributed by atoms with Gasteiger partial charge in [-0.1, -0.05) is 23.8 Å². The molecule has 0 aliphatic carbocycles. The number of Topliss-reactive ketones (excluding diaryl/α,β-unsaturated/α-hetero) is 1. The number of fused-ring (bicyclic) bond motifs is 1. The second-order valence-corrected chi connectivity index (χ2v) is 9.85. The summed E-state index contributed by atoms with van der Waals surface area (Å²) in [5.74, 6) is 0.209. The standard InChI is InChI=1S/C27H36N6O/c1-21-23(9-7-11-25(21)33-27-24(29-30-33)10-8-15-28-27)26(34)12-3-6-16-31-19-13-22(14-20-31)32-17-4-2-5-18-32/h7-11,15,22H,2-6,12-14,16-20H2,1H3. The normalized spacial score (nSPS) is 18.5. The molecule has 2 aliphatic heterocycles. The summed E-state index contributed by atoms with van der Waals surface area (Å²) >= 11 is 0. The van der Waals surface area contributed by atoms with E-state index in [4.69, 9.17) is 0 Å². The molecule has 4 heterocycles. The summed E-state index contributed by atoms with van der Waals surface area (Å²) in [5.41, 5.74) is 4.03. The van der Waals surface area contributed by atoms with Crippen LogP contribution in [0.3, 0.4) is 0 Å². The van der Waals surface area contributed by atoms with Crippen molar-refractivity contribution in [1.82, 2.24) is 29.8 Å². The highest BCUT2D eigenvalue weighted by Gasteiger charge is 2.25. The molecule has 3 aromatic rings. The number of ketones is 1. The summed E-state index contributed by atoms with van der Waals surface area (Å²) in [7, 11) is 0. The van der Waals surface area contributed by atoms with Gasteiger partial charge < -0.3 is 9.80 Å². The van der Waals surface area contributed by atoms with E-state index in [1.54, 1.807) is 10.9 Å². The molecule has 0 spiro atoms. The number of carbonyl (C=O) groups is 1. The number of likely N-dealkylation sites (tertiary alicyclic amines) is 2. The minimum atomic E-state index is 0.209. The first-order valence-electron chi connectivity index (χ1n) is 13.0. The molecule has 2 aliphatic rings. The monoisotopic (exact) mass is 460 g/mol. The largest absolute Gasteiger partial charge is 0.303 e. The van der Waals surface area contributed by atoms with Crippen LogP contribution in [0.15, 0.2) is 36.5 Å². The lowest BCUT2D eigenvalue weighted by atomic mass is 9.98. The molecule has 0 N–H and O–H groups in total. The topological polar surface area (TPSA) is 67.2 Å². The lowest BCUT2D eigenvalue weighted by molar-refractivity contribution is 0.0907. The zero-order chi connectivity index (χ0) is 23.3. The molecule has 7 heteroatoms. The van der Waals surface area contributed by atoms with Crippen LogP contribution in [0.25, 0.3) is 16.9 Å². The molecule has 2 aromatic heterocycles. The Morgan fingerprint density at radius 3 is 2.65 bits per heavy atom. The molecule has 0 amide bonds.